The van der Waals surface area contributed by atoms with E-state index in [9.17, 15) is 0 Å². The monoisotopic (exact) mass is 1130 g/mol. The number of hydrogen-bond acceptors (Lipinski definition) is 8. The van der Waals surface area contributed by atoms with Gasteiger partial charge in [-0.15, -0.1) is 0 Å². The van der Waals surface area contributed by atoms with Crippen LogP contribution in [0.5, 0.6) is 0 Å². The molecule has 0 unspecified atom stereocenters. The SMILES string of the molecule is c1ccc(-c2occc2N(c2ccccc2)c2cc(N(c3ccccc3)c3ccoc3-c3ccccc3)c3ccc4c(N(c5ccccc5)c5ccoc5-c5ccccc5)cc(N(c5ccccc5)c5ccoc5-c5ccccc5)c5ccc2c3c54)cc1. The molecule has 88 heavy (non-hydrogen) atoms. The number of anilines is 12. The van der Waals surface area contributed by atoms with Crippen LogP contribution in [0.4, 0.5) is 68.2 Å². The number of furan rings is 4. The zero-order chi connectivity index (χ0) is 58.3. The molecule has 8 nitrogen and oxygen atoms in total. The van der Waals surface area contributed by atoms with Gasteiger partial charge in [-0.05, 0) is 60.7 Å². The van der Waals surface area contributed by atoms with Crippen molar-refractivity contribution in [1.82, 2.24) is 0 Å². The van der Waals surface area contributed by atoms with E-state index >= 15 is 0 Å². The summed E-state index contributed by atoms with van der Waals surface area (Å²) in [7, 11) is 0. The highest BCUT2D eigenvalue weighted by atomic mass is 16.3. The van der Waals surface area contributed by atoms with Crippen molar-refractivity contribution in [3.8, 4) is 45.3 Å². The van der Waals surface area contributed by atoms with E-state index in [1.54, 1.807) is 25.1 Å². The van der Waals surface area contributed by atoms with E-state index in [-0.39, 0.29) is 0 Å². The summed E-state index contributed by atoms with van der Waals surface area (Å²) >= 11 is 0. The standard InChI is InChI=1S/C80H54N4O4/c1-9-25-55(26-10-1)77-67(45-49-85-77)81(59-33-17-5-18-34-59)71-53-72(82(60-35-19-6-20-36-60)68-46-50-86-78(68)56-27-11-2-12-28-56)64-43-44-66-74(84(62-39-23-8-24-40-62)70-48-52-88-80(70)58-31-15-4-16-32-58)54-73(65-42-41-63(71)75(64)76(65)66)83(61-37-21-7-22-38-61)69-47-51-87-79(69)57-29-13-3-14-30-57/h1-54H. The maximum absolute atomic E-state index is 6.60. The minimum absolute atomic E-state index is 0.739. The first kappa shape index (κ1) is 51.6. The summed E-state index contributed by atoms with van der Waals surface area (Å²) in [5.74, 6) is 2.96. The Bertz CT molecular complexity index is 4400. The molecule has 0 N–H and O–H groups in total. The van der Waals surface area contributed by atoms with Crippen LogP contribution in [0, 0.1) is 0 Å². The summed E-state index contributed by atoms with van der Waals surface area (Å²) in [5.41, 5.74) is 14.9. The zero-order valence-electron chi connectivity index (χ0n) is 47.6. The second-order valence-electron chi connectivity index (χ2n) is 21.6. The van der Waals surface area contributed by atoms with E-state index in [0.29, 0.717) is 0 Å². The molecule has 16 aromatic rings. The third-order valence-electron chi connectivity index (χ3n) is 16.5. The van der Waals surface area contributed by atoms with Crippen molar-refractivity contribution < 1.29 is 17.7 Å². The van der Waals surface area contributed by atoms with Crippen molar-refractivity contribution >= 4 is 101 Å². The Hall–Kier alpha value is -12.0. The molecule has 8 heteroatoms. The molecular weight excluding hydrogens is 1080 g/mol. The van der Waals surface area contributed by atoms with Crippen molar-refractivity contribution in [2.75, 3.05) is 19.6 Å². The van der Waals surface area contributed by atoms with E-state index in [1.165, 1.54) is 0 Å². The average Bonchev–Trinajstić information content (AvgIpc) is 0.885. The van der Waals surface area contributed by atoms with Gasteiger partial charge in [0.05, 0.1) is 70.6 Å². The molecule has 0 spiro atoms. The summed E-state index contributed by atoms with van der Waals surface area (Å²) in [6.45, 7) is 0. The Morgan fingerprint density at radius 1 is 0.182 bits per heavy atom. The highest BCUT2D eigenvalue weighted by Gasteiger charge is 2.33. The normalized spacial score (nSPS) is 11.4. The Morgan fingerprint density at radius 2 is 0.375 bits per heavy atom. The van der Waals surface area contributed by atoms with Gasteiger partial charge >= 0.3 is 0 Å². The van der Waals surface area contributed by atoms with E-state index in [2.05, 4.69) is 299 Å². The quantitative estimate of drug-likeness (QED) is 0.0887. The fraction of sp³-hybridized carbons (Fsp3) is 0. The fourth-order valence-corrected chi connectivity index (χ4v) is 12.7. The molecule has 0 aliphatic heterocycles. The highest BCUT2D eigenvalue weighted by Crippen LogP contribution is 2.57. The van der Waals surface area contributed by atoms with E-state index < -0.39 is 0 Å². The van der Waals surface area contributed by atoms with Crippen LogP contribution in [0.1, 0.15) is 0 Å². The lowest BCUT2D eigenvalue weighted by Crippen LogP contribution is -2.16. The summed E-state index contributed by atoms with van der Waals surface area (Å²) in [6, 6.07) is 106. The lowest BCUT2D eigenvalue weighted by molar-refractivity contribution is 0.582. The summed E-state index contributed by atoms with van der Waals surface area (Å²) in [6.07, 6.45) is 7.19. The molecule has 0 aliphatic carbocycles. The van der Waals surface area contributed by atoms with Crippen molar-refractivity contribution in [2.45, 2.75) is 0 Å². The molecule has 0 aliphatic rings. The lowest BCUT2D eigenvalue weighted by Gasteiger charge is -2.34. The molecule has 0 radical (unpaired) electrons. The van der Waals surface area contributed by atoms with Crippen LogP contribution in [0.25, 0.3) is 77.6 Å². The van der Waals surface area contributed by atoms with E-state index in [0.717, 1.165) is 146 Å². The minimum Gasteiger partial charge on any atom is -0.462 e. The Morgan fingerprint density at radius 3 is 0.580 bits per heavy atom. The highest BCUT2D eigenvalue weighted by molar-refractivity contribution is 6.33. The van der Waals surface area contributed by atoms with Gasteiger partial charge < -0.3 is 37.3 Å². The molecule has 0 saturated heterocycles. The predicted octanol–water partition coefficient (Wildman–Crippen LogP) is 23.5. The van der Waals surface area contributed by atoms with Crippen molar-refractivity contribution in [2.24, 2.45) is 0 Å². The second-order valence-corrected chi connectivity index (χ2v) is 21.6. The summed E-state index contributed by atoms with van der Waals surface area (Å²) < 4.78 is 26.4. The van der Waals surface area contributed by atoms with Gasteiger partial charge in [0, 0.05) is 102 Å². The number of hydrogen-bond donors (Lipinski definition) is 0. The second kappa shape index (κ2) is 22.2. The number of rotatable bonds is 16. The number of benzene rings is 12. The largest absolute Gasteiger partial charge is 0.462 e. The molecule has 0 fully saturated rings. The maximum atomic E-state index is 6.60. The Labute approximate surface area is 508 Å². The van der Waals surface area contributed by atoms with E-state index in [1.807, 2.05) is 24.3 Å². The lowest BCUT2D eigenvalue weighted by atomic mass is 9.89. The van der Waals surface area contributed by atoms with Crippen LogP contribution < -0.4 is 19.6 Å². The first-order valence-electron chi connectivity index (χ1n) is 29.4. The minimum atomic E-state index is 0.739. The van der Waals surface area contributed by atoms with Gasteiger partial charge in [0.1, 0.15) is 0 Å². The van der Waals surface area contributed by atoms with E-state index in [4.69, 9.17) is 17.7 Å². The fourth-order valence-electron chi connectivity index (χ4n) is 12.7. The van der Waals surface area contributed by atoms with Crippen LogP contribution in [-0.2, 0) is 0 Å². The van der Waals surface area contributed by atoms with Crippen molar-refractivity contribution in [3.05, 3.63) is 328 Å². The van der Waals surface area contributed by atoms with Crippen LogP contribution in [0.2, 0.25) is 0 Å². The molecule has 16 rings (SSSR count). The number of nitrogens with zero attached hydrogens (tertiary/aromatic N) is 4. The van der Waals surface area contributed by atoms with Crippen LogP contribution in [-0.4, -0.2) is 0 Å². The van der Waals surface area contributed by atoms with Gasteiger partial charge in [0.2, 0.25) is 0 Å². The predicted molar refractivity (Wildman–Crippen MR) is 360 cm³/mol. The van der Waals surface area contributed by atoms with Gasteiger partial charge in [-0.25, -0.2) is 0 Å². The van der Waals surface area contributed by atoms with Gasteiger partial charge in [-0.2, -0.15) is 0 Å². The van der Waals surface area contributed by atoms with Gasteiger partial charge in [-0.1, -0.05) is 218 Å². The number of para-hydroxylation sites is 4. The molecule has 0 amide bonds. The smallest absolute Gasteiger partial charge is 0.157 e. The van der Waals surface area contributed by atoms with Crippen molar-refractivity contribution in [1.29, 1.82) is 0 Å². The topological polar surface area (TPSA) is 65.5 Å². The molecule has 418 valence electrons. The molecule has 0 atom stereocenters. The van der Waals surface area contributed by atoms with Gasteiger partial charge in [0.25, 0.3) is 0 Å². The summed E-state index contributed by atoms with van der Waals surface area (Å²) in [5, 5.41) is 6.18. The molecule has 0 bridgehead atoms. The van der Waals surface area contributed by atoms with Crippen LogP contribution >= 0.6 is 0 Å². The molecule has 12 aromatic carbocycles. The third-order valence-corrected chi connectivity index (χ3v) is 16.5. The van der Waals surface area contributed by atoms with Crippen LogP contribution in [0.3, 0.4) is 0 Å². The molecule has 4 aromatic heterocycles. The van der Waals surface area contributed by atoms with Crippen molar-refractivity contribution in [3.63, 3.8) is 0 Å². The third kappa shape index (κ3) is 8.94. The zero-order valence-corrected chi connectivity index (χ0v) is 47.6. The average molecular weight is 1140 g/mol. The Kier molecular flexibility index (Phi) is 13.0. The first-order valence-corrected chi connectivity index (χ1v) is 29.4. The molecule has 0 saturated carbocycles. The molecule has 4 heterocycles. The molecular formula is C80H54N4O4. The summed E-state index contributed by atoms with van der Waals surface area (Å²) in [4.78, 5) is 9.45. The van der Waals surface area contributed by atoms with Crippen LogP contribution in [0.15, 0.2) is 346 Å². The van der Waals surface area contributed by atoms with Gasteiger partial charge in [0.15, 0.2) is 23.0 Å². The Balaban J connectivity index is 1.09. The first-order chi connectivity index (χ1) is 43.7. The maximum Gasteiger partial charge on any atom is 0.157 e. The van der Waals surface area contributed by atoms with Gasteiger partial charge in [-0.3, -0.25) is 0 Å².